The average Bonchev–Trinajstić information content (AvgIpc) is 2.31. The van der Waals surface area contributed by atoms with Crippen molar-refractivity contribution in [3.8, 4) is 11.1 Å². The summed E-state index contributed by atoms with van der Waals surface area (Å²) in [6.07, 6.45) is 0. The van der Waals surface area contributed by atoms with Crippen LogP contribution >= 0.6 is 0 Å². The normalized spacial score (nSPS) is 10.4. The Kier molecular flexibility index (Phi) is 3.15. The van der Waals surface area contributed by atoms with Gasteiger partial charge in [-0.15, -0.1) is 0 Å². The number of benzene rings is 2. The van der Waals surface area contributed by atoms with Gasteiger partial charge in [-0.2, -0.15) is 0 Å². The number of hydrogen-bond acceptors (Lipinski definition) is 1. The summed E-state index contributed by atoms with van der Waals surface area (Å²) in [4.78, 5) is 11.3. The molecule has 0 bridgehead atoms. The highest BCUT2D eigenvalue weighted by molar-refractivity contribution is 5.97. The van der Waals surface area contributed by atoms with E-state index in [4.69, 9.17) is 0 Å². The number of carboxylic acids is 1. The van der Waals surface area contributed by atoms with Gasteiger partial charge in [0.25, 0.3) is 0 Å². The number of aryl methyl sites for hydroxylation is 2. The molecule has 0 aliphatic carbocycles. The second kappa shape index (κ2) is 4.61. The summed E-state index contributed by atoms with van der Waals surface area (Å²) >= 11 is 0. The maximum absolute atomic E-state index is 13.8. The van der Waals surface area contributed by atoms with Gasteiger partial charge in [0, 0.05) is 5.56 Å². The van der Waals surface area contributed by atoms with E-state index >= 15 is 0 Å². The molecule has 2 rings (SSSR count). The standard InChI is InChI=1S/C15H13FO2/c1-9-6-7-13(16)12(8-9)11-5-3-4-10(2)14(11)15(17)18/h3-8H,1-2H3,(H,17,18). The zero-order valence-corrected chi connectivity index (χ0v) is 10.2. The van der Waals surface area contributed by atoms with Crippen molar-refractivity contribution in [2.45, 2.75) is 13.8 Å². The van der Waals surface area contributed by atoms with Crippen molar-refractivity contribution in [2.24, 2.45) is 0 Å². The van der Waals surface area contributed by atoms with Crippen LogP contribution in [-0.2, 0) is 0 Å². The topological polar surface area (TPSA) is 37.3 Å². The first-order valence-corrected chi connectivity index (χ1v) is 5.60. The smallest absolute Gasteiger partial charge is 0.336 e. The number of aromatic carboxylic acids is 1. The minimum absolute atomic E-state index is 0.155. The van der Waals surface area contributed by atoms with Crippen molar-refractivity contribution in [1.29, 1.82) is 0 Å². The van der Waals surface area contributed by atoms with Crippen LogP contribution in [0.25, 0.3) is 11.1 Å². The molecule has 18 heavy (non-hydrogen) atoms. The van der Waals surface area contributed by atoms with Crippen LogP contribution < -0.4 is 0 Å². The molecule has 0 saturated heterocycles. The highest BCUT2D eigenvalue weighted by Gasteiger charge is 2.16. The van der Waals surface area contributed by atoms with Gasteiger partial charge < -0.3 is 5.11 Å². The van der Waals surface area contributed by atoms with E-state index in [0.717, 1.165) is 5.56 Å². The summed E-state index contributed by atoms with van der Waals surface area (Å²) < 4.78 is 13.8. The molecule has 92 valence electrons. The van der Waals surface area contributed by atoms with Crippen LogP contribution in [0.15, 0.2) is 36.4 Å². The summed E-state index contributed by atoms with van der Waals surface area (Å²) in [6, 6.07) is 9.76. The van der Waals surface area contributed by atoms with E-state index in [1.165, 1.54) is 6.07 Å². The molecule has 0 aromatic heterocycles. The van der Waals surface area contributed by atoms with Crippen molar-refractivity contribution >= 4 is 5.97 Å². The molecular weight excluding hydrogens is 231 g/mol. The third kappa shape index (κ3) is 2.12. The summed E-state index contributed by atoms with van der Waals surface area (Å²) in [5, 5.41) is 9.25. The fourth-order valence-corrected chi connectivity index (χ4v) is 2.02. The number of rotatable bonds is 2. The Bertz CT molecular complexity index is 618. The molecule has 3 heteroatoms. The quantitative estimate of drug-likeness (QED) is 0.872. The third-order valence-electron chi connectivity index (χ3n) is 2.90. The molecule has 0 heterocycles. The Balaban J connectivity index is 2.75. The molecule has 0 amide bonds. The van der Waals surface area contributed by atoms with E-state index in [0.29, 0.717) is 16.7 Å². The molecule has 0 radical (unpaired) electrons. The van der Waals surface area contributed by atoms with Gasteiger partial charge in [-0.1, -0.05) is 29.8 Å². The van der Waals surface area contributed by atoms with Gasteiger partial charge in [0.2, 0.25) is 0 Å². The lowest BCUT2D eigenvalue weighted by molar-refractivity contribution is 0.0697. The second-order valence-electron chi connectivity index (χ2n) is 4.29. The summed E-state index contributed by atoms with van der Waals surface area (Å²) in [5.41, 5.74) is 2.42. The SMILES string of the molecule is Cc1ccc(F)c(-c2cccc(C)c2C(=O)O)c1. The minimum Gasteiger partial charge on any atom is -0.478 e. The molecule has 0 aliphatic heterocycles. The Hall–Kier alpha value is -2.16. The molecule has 2 aromatic rings. The second-order valence-corrected chi connectivity index (χ2v) is 4.29. The van der Waals surface area contributed by atoms with Gasteiger partial charge >= 0.3 is 5.97 Å². The molecule has 0 spiro atoms. The van der Waals surface area contributed by atoms with Crippen LogP contribution in [0.2, 0.25) is 0 Å². The Labute approximate surface area is 105 Å². The predicted molar refractivity (Wildman–Crippen MR) is 68.3 cm³/mol. The van der Waals surface area contributed by atoms with E-state index < -0.39 is 11.8 Å². The Morgan fingerprint density at radius 1 is 1.11 bits per heavy atom. The third-order valence-corrected chi connectivity index (χ3v) is 2.90. The van der Waals surface area contributed by atoms with Crippen LogP contribution in [0.4, 0.5) is 4.39 Å². The minimum atomic E-state index is -1.04. The van der Waals surface area contributed by atoms with Gasteiger partial charge in [0.15, 0.2) is 0 Å². The molecule has 0 fully saturated rings. The van der Waals surface area contributed by atoms with Gasteiger partial charge in [-0.05, 0) is 37.1 Å². The number of hydrogen-bond donors (Lipinski definition) is 1. The lowest BCUT2D eigenvalue weighted by Crippen LogP contribution is -2.03. The van der Waals surface area contributed by atoms with Crippen LogP contribution in [-0.4, -0.2) is 11.1 Å². The van der Waals surface area contributed by atoms with Crippen molar-refractivity contribution in [2.75, 3.05) is 0 Å². The van der Waals surface area contributed by atoms with E-state index in [1.807, 2.05) is 6.92 Å². The first-order valence-electron chi connectivity index (χ1n) is 5.60. The lowest BCUT2D eigenvalue weighted by Gasteiger charge is -2.10. The average molecular weight is 244 g/mol. The lowest BCUT2D eigenvalue weighted by atomic mass is 9.95. The maximum Gasteiger partial charge on any atom is 0.336 e. The molecule has 0 aliphatic rings. The van der Waals surface area contributed by atoms with Gasteiger partial charge in [0.05, 0.1) is 5.56 Å². The molecular formula is C15H13FO2. The zero-order chi connectivity index (χ0) is 13.3. The van der Waals surface area contributed by atoms with Crippen LogP contribution in [0.1, 0.15) is 21.5 Å². The predicted octanol–water partition coefficient (Wildman–Crippen LogP) is 3.81. The Morgan fingerprint density at radius 2 is 1.83 bits per heavy atom. The van der Waals surface area contributed by atoms with Crippen molar-refractivity contribution in [1.82, 2.24) is 0 Å². The van der Waals surface area contributed by atoms with Crippen LogP contribution in [0, 0.1) is 19.7 Å². The molecule has 0 unspecified atom stereocenters. The van der Waals surface area contributed by atoms with Crippen LogP contribution in [0.3, 0.4) is 0 Å². The van der Waals surface area contributed by atoms with Crippen molar-refractivity contribution in [3.63, 3.8) is 0 Å². The fraction of sp³-hybridized carbons (Fsp3) is 0.133. The van der Waals surface area contributed by atoms with Gasteiger partial charge in [-0.25, -0.2) is 9.18 Å². The fourth-order valence-electron chi connectivity index (χ4n) is 2.02. The molecule has 2 nitrogen and oxygen atoms in total. The molecule has 2 aromatic carbocycles. The largest absolute Gasteiger partial charge is 0.478 e. The highest BCUT2D eigenvalue weighted by Crippen LogP contribution is 2.29. The van der Waals surface area contributed by atoms with Crippen LogP contribution in [0.5, 0.6) is 0 Å². The van der Waals surface area contributed by atoms with E-state index in [9.17, 15) is 14.3 Å². The summed E-state index contributed by atoms with van der Waals surface area (Å²) in [5.74, 6) is -1.45. The zero-order valence-electron chi connectivity index (χ0n) is 10.2. The van der Waals surface area contributed by atoms with E-state index in [-0.39, 0.29) is 5.56 Å². The van der Waals surface area contributed by atoms with Crippen molar-refractivity contribution < 1.29 is 14.3 Å². The van der Waals surface area contributed by atoms with Crippen molar-refractivity contribution in [3.05, 3.63) is 58.9 Å². The van der Waals surface area contributed by atoms with Gasteiger partial charge in [0.1, 0.15) is 5.82 Å². The highest BCUT2D eigenvalue weighted by atomic mass is 19.1. The maximum atomic E-state index is 13.8. The van der Waals surface area contributed by atoms with E-state index in [1.54, 1.807) is 37.3 Å². The Morgan fingerprint density at radius 3 is 2.50 bits per heavy atom. The first kappa shape index (κ1) is 12.3. The molecule has 0 atom stereocenters. The van der Waals surface area contributed by atoms with Gasteiger partial charge in [-0.3, -0.25) is 0 Å². The monoisotopic (exact) mass is 244 g/mol. The molecule has 1 N–H and O–H groups in total. The summed E-state index contributed by atoms with van der Waals surface area (Å²) in [6.45, 7) is 3.56. The van der Waals surface area contributed by atoms with E-state index in [2.05, 4.69) is 0 Å². The molecule has 0 saturated carbocycles. The summed E-state index contributed by atoms with van der Waals surface area (Å²) in [7, 11) is 0. The number of carbonyl (C=O) groups is 1. The number of carboxylic acid groups (broad SMARTS) is 1. The first-order chi connectivity index (χ1) is 8.50. The number of halogens is 1.